The lowest BCUT2D eigenvalue weighted by atomic mass is 9.81. The first-order chi connectivity index (χ1) is 14.8. The number of carbonyl (C=O) groups is 4. The summed E-state index contributed by atoms with van der Waals surface area (Å²) in [6.45, 7) is 3.02. The number of nitrogens with zero attached hydrogens (tertiary/aromatic N) is 1. The Bertz CT molecular complexity index is 885. The van der Waals surface area contributed by atoms with E-state index in [9.17, 15) is 19.2 Å². The second kappa shape index (κ2) is 8.32. The fraction of sp³-hybridized carbons (Fsp3) is 0.565. The van der Waals surface area contributed by atoms with E-state index >= 15 is 0 Å². The van der Waals surface area contributed by atoms with Gasteiger partial charge in [-0.05, 0) is 49.1 Å². The number of benzene rings is 1. The van der Waals surface area contributed by atoms with Crippen molar-refractivity contribution < 1.29 is 28.7 Å². The van der Waals surface area contributed by atoms with Gasteiger partial charge in [-0.2, -0.15) is 0 Å². The molecule has 4 rings (SSSR count). The van der Waals surface area contributed by atoms with Gasteiger partial charge in [-0.15, -0.1) is 0 Å². The molecule has 2 saturated carbocycles. The maximum Gasteiger partial charge on any atom is 0.330 e. The summed E-state index contributed by atoms with van der Waals surface area (Å²) in [6, 6.07) is 5.86. The Labute approximate surface area is 181 Å². The van der Waals surface area contributed by atoms with E-state index in [0.29, 0.717) is 11.4 Å². The molecule has 1 saturated heterocycles. The standard InChI is InChI=1S/C23H28N2O6/c1-12(2)20(25-21(27)18-13-8-9-14(10-13)19(18)22(25)28)23(29)31-11-17(26)24-15-6-4-5-7-16(15)30-3/h4-7,12-14,18-20H,8-11H2,1-3H3,(H,24,26)/t13-,14-,18-,19+,20-/m0/s1. The molecule has 0 aromatic heterocycles. The van der Waals surface area contributed by atoms with Gasteiger partial charge in [0, 0.05) is 0 Å². The second-order valence-electron chi connectivity index (χ2n) is 8.98. The summed E-state index contributed by atoms with van der Waals surface area (Å²) in [6.07, 6.45) is 2.87. The number of hydrogen-bond donors (Lipinski definition) is 1. The van der Waals surface area contributed by atoms with Crippen LogP contribution in [-0.2, 0) is 23.9 Å². The highest BCUT2D eigenvalue weighted by Gasteiger charge is 2.62. The molecular weight excluding hydrogens is 400 g/mol. The van der Waals surface area contributed by atoms with Crippen molar-refractivity contribution in [3.63, 3.8) is 0 Å². The van der Waals surface area contributed by atoms with Crippen LogP contribution in [-0.4, -0.2) is 48.3 Å². The molecule has 3 fully saturated rings. The quantitative estimate of drug-likeness (QED) is 0.528. The number of esters is 1. The van der Waals surface area contributed by atoms with Crippen molar-refractivity contribution in [2.75, 3.05) is 19.0 Å². The Hall–Kier alpha value is -2.90. The molecule has 1 aromatic carbocycles. The fourth-order valence-electron chi connectivity index (χ4n) is 5.54. The zero-order valence-electron chi connectivity index (χ0n) is 18.0. The largest absolute Gasteiger partial charge is 0.495 e. The van der Waals surface area contributed by atoms with E-state index in [-0.39, 0.29) is 41.4 Å². The average Bonchev–Trinajstić information content (AvgIpc) is 3.42. The highest BCUT2D eigenvalue weighted by atomic mass is 16.5. The molecule has 0 spiro atoms. The minimum Gasteiger partial charge on any atom is -0.495 e. The lowest BCUT2D eigenvalue weighted by Crippen LogP contribution is -2.50. The van der Waals surface area contributed by atoms with E-state index in [1.54, 1.807) is 38.1 Å². The lowest BCUT2D eigenvalue weighted by molar-refractivity contribution is -0.162. The van der Waals surface area contributed by atoms with E-state index in [0.717, 1.165) is 24.2 Å². The van der Waals surface area contributed by atoms with E-state index in [2.05, 4.69) is 5.32 Å². The van der Waals surface area contributed by atoms with Crippen LogP contribution in [0.1, 0.15) is 33.1 Å². The van der Waals surface area contributed by atoms with Crippen molar-refractivity contribution in [1.29, 1.82) is 0 Å². The number of nitrogens with one attached hydrogen (secondary N) is 1. The number of methoxy groups -OCH3 is 1. The van der Waals surface area contributed by atoms with Gasteiger partial charge in [0.25, 0.3) is 5.91 Å². The number of likely N-dealkylation sites (tertiary alicyclic amines) is 1. The van der Waals surface area contributed by atoms with E-state index in [1.165, 1.54) is 7.11 Å². The number of carbonyl (C=O) groups excluding carboxylic acids is 4. The van der Waals surface area contributed by atoms with Crippen LogP contribution >= 0.6 is 0 Å². The molecule has 3 aliphatic rings. The maximum absolute atomic E-state index is 13.1. The van der Waals surface area contributed by atoms with Gasteiger partial charge in [-0.25, -0.2) is 4.79 Å². The molecule has 2 bridgehead atoms. The number of para-hydroxylation sites is 2. The Morgan fingerprint density at radius 3 is 2.29 bits per heavy atom. The van der Waals surface area contributed by atoms with Crippen molar-refractivity contribution >= 4 is 29.4 Å². The van der Waals surface area contributed by atoms with Crippen LogP contribution in [0, 0.1) is 29.6 Å². The topological polar surface area (TPSA) is 102 Å². The number of amides is 3. The number of anilines is 1. The zero-order valence-corrected chi connectivity index (χ0v) is 18.0. The summed E-state index contributed by atoms with van der Waals surface area (Å²) in [5.74, 6) is -1.73. The molecule has 1 heterocycles. The first kappa shape index (κ1) is 21.3. The second-order valence-corrected chi connectivity index (χ2v) is 8.98. The van der Waals surface area contributed by atoms with Gasteiger partial charge in [0.15, 0.2) is 6.61 Å². The Morgan fingerprint density at radius 2 is 1.71 bits per heavy atom. The molecule has 166 valence electrons. The lowest BCUT2D eigenvalue weighted by Gasteiger charge is -2.28. The summed E-state index contributed by atoms with van der Waals surface area (Å²) in [7, 11) is 1.49. The Kier molecular flexibility index (Phi) is 5.73. The van der Waals surface area contributed by atoms with Crippen LogP contribution in [0.4, 0.5) is 5.69 Å². The number of ether oxygens (including phenoxy) is 2. The molecule has 8 heteroatoms. The van der Waals surface area contributed by atoms with Crippen molar-refractivity contribution in [3.8, 4) is 5.75 Å². The van der Waals surface area contributed by atoms with E-state index < -0.39 is 24.5 Å². The van der Waals surface area contributed by atoms with Gasteiger partial charge in [0.05, 0.1) is 24.6 Å². The molecule has 1 N–H and O–H groups in total. The number of fused-ring (bicyclic) bond motifs is 5. The normalized spacial score (nSPS) is 27.4. The molecule has 3 amide bonds. The third-order valence-electron chi connectivity index (χ3n) is 6.84. The fourth-order valence-corrected chi connectivity index (χ4v) is 5.54. The summed E-state index contributed by atoms with van der Waals surface area (Å²) >= 11 is 0. The molecular formula is C23H28N2O6. The van der Waals surface area contributed by atoms with Crippen LogP contribution in [0.2, 0.25) is 0 Å². The van der Waals surface area contributed by atoms with Crippen LogP contribution < -0.4 is 10.1 Å². The smallest absolute Gasteiger partial charge is 0.330 e. The molecule has 5 atom stereocenters. The summed E-state index contributed by atoms with van der Waals surface area (Å²) in [4.78, 5) is 52.5. The average molecular weight is 428 g/mol. The summed E-state index contributed by atoms with van der Waals surface area (Å²) in [5, 5.41) is 2.64. The molecule has 8 nitrogen and oxygen atoms in total. The SMILES string of the molecule is COc1ccccc1NC(=O)COC(=O)[C@H](C(C)C)N1C(=O)[C@@H]2[C@H]3CC[C@@H](C3)[C@@H]2C1=O. The van der Waals surface area contributed by atoms with Crippen LogP contribution in [0.3, 0.4) is 0 Å². The van der Waals surface area contributed by atoms with Gasteiger partial charge in [-0.1, -0.05) is 26.0 Å². The summed E-state index contributed by atoms with van der Waals surface area (Å²) < 4.78 is 10.4. The van der Waals surface area contributed by atoms with Crippen molar-refractivity contribution in [1.82, 2.24) is 4.90 Å². The Morgan fingerprint density at radius 1 is 1.10 bits per heavy atom. The number of hydrogen-bond acceptors (Lipinski definition) is 6. The highest BCUT2D eigenvalue weighted by Crippen LogP contribution is 2.56. The minimum atomic E-state index is -1.02. The maximum atomic E-state index is 13.1. The van der Waals surface area contributed by atoms with Gasteiger partial charge in [0.1, 0.15) is 11.8 Å². The van der Waals surface area contributed by atoms with Gasteiger partial charge in [-0.3, -0.25) is 19.3 Å². The van der Waals surface area contributed by atoms with Crippen molar-refractivity contribution in [3.05, 3.63) is 24.3 Å². The molecule has 0 radical (unpaired) electrons. The number of rotatable bonds is 7. The van der Waals surface area contributed by atoms with Crippen molar-refractivity contribution in [2.24, 2.45) is 29.6 Å². The van der Waals surface area contributed by atoms with Gasteiger partial charge >= 0.3 is 5.97 Å². The molecule has 0 unspecified atom stereocenters. The number of imide groups is 1. The van der Waals surface area contributed by atoms with E-state index in [1.807, 2.05) is 0 Å². The van der Waals surface area contributed by atoms with Crippen molar-refractivity contribution in [2.45, 2.75) is 39.2 Å². The van der Waals surface area contributed by atoms with Crippen LogP contribution in [0.25, 0.3) is 0 Å². The third-order valence-corrected chi connectivity index (χ3v) is 6.84. The first-order valence-corrected chi connectivity index (χ1v) is 10.8. The molecule has 1 aromatic rings. The first-order valence-electron chi connectivity index (χ1n) is 10.8. The summed E-state index contributed by atoms with van der Waals surface area (Å²) in [5.41, 5.74) is 0.458. The predicted molar refractivity (Wildman–Crippen MR) is 111 cm³/mol. The minimum absolute atomic E-state index is 0.243. The van der Waals surface area contributed by atoms with Gasteiger partial charge < -0.3 is 14.8 Å². The monoisotopic (exact) mass is 428 g/mol. The Balaban J connectivity index is 1.42. The van der Waals surface area contributed by atoms with Crippen LogP contribution in [0.5, 0.6) is 5.75 Å². The highest BCUT2D eigenvalue weighted by molar-refractivity contribution is 6.08. The van der Waals surface area contributed by atoms with Gasteiger partial charge in [0.2, 0.25) is 11.8 Å². The molecule has 31 heavy (non-hydrogen) atoms. The third kappa shape index (κ3) is 3.68. The molecule has 1 aliphatic heterocycles. The molecule has 2 aliphatic carbocycles. The zero-order chi connectivity index (χ0) is 22.3. The predicted octanol–water partition coefficient (Wildman–Crippen LogP) is 2.23. The van der Waals surface area contributed by atoms with Crippen LogP contribution in [0.15, 0.2) is 24.3 Å². The van der Waals surface area contributed by atoms with E-state index in [4.69, 9.17) is 9.47 Å².